The maximum Gasteiger partial charge on any atom is 0.343 e. The van der Waals surface area contributed by atoms with Crippen molar-refractivity contribution in [2.24, 2.45) is 5.10 Å². The van der Waals surface area contributed by atoms with E-state index in [1.165, 1.54) is 32.1 Å². The average molecular weight is 473 g/mol. The van der Waals surface area contributed by atoms with Gasteiger partial charge in [0.25, 0.3) is 0 Å². The van der Waals surface area contributed by atoms with Gasteiger partial charge in [0.05, 0.1) is 11.8 Å². The molecule has 6 heteroatoms. The van der Waals surface area contributed by atoms with Gasteiger partial charge in [-0.1, -0.05) is 61.4 Å². The van der Waals surface area contributed by atoms with E-state index in [1.54, 1.807) is 54.7 Å². The van der Waals surface area contributed by atoms with Crippen LogP contribution in [0.2, 0.25) is 0 Å². The van der Waals surface area contributed by atoms with Crippen LogP contribution in [0.4, 0.5) is 0 Å². The Morgan fingerprint density at radius 3 is 2.23 bits per heavy atom. The Bertz CT molecular complexity index is 817. The molecule has 2 aromatic rings. The maximum atomic E-state index is 12.1. The Hall–Kier alpha value is -2.47. The van der Waals surface area contributed by atoms with Crippen molar-refractivity contribution in [2.45, 2.75) is 58.3 Å². The molecule has 0 unspecified atom stereocenters. The third-order valence-electron chi connectivity index (χ3n) is 4.58. The maximum absolute atomic E-state index is 12.1. The van der Waals surface area contributed by atoms with E-state index in [-0.39, 0.29) is 5.91 Å². The Morgan fingerprint density at radius 1 is 0.933 bits per heavy atom. The van der Waals surface area contributed by atoms with E-state index in [4.69, 9.17) is 4.74 Å². The molecule has 0 heterocycles. The predicted molar refractivity (Wildman–Crippen MR) is 124 cm³/mol. The van der Waals surface area contributed by atoms with Crippen molar-refractivity contribution in [3.05, 3.63) is 64.1 Å². The van der Waals surface area contributed by atoms with Gasteiger partial charge in [-0.2, -0.15) is 5.10 Å². The number of carbonyl (C=O) groups is 2. The van der Waals surface area contributed by atoms with Crippen LogP contribution in [0.3, 0.4) is 0 Å². The molecule has 2 aromatic carbocycles. The zero-order valence-corrected chi connectivity index (χ0v) is 19.0. The Kier molecular flexibility index (Phi) is 10.9. The number of nitrogens with one attached hydrogen (secondary N) is 1. The Morgan fingerprint density at radius 2 is 1.57 bits per heavy atom. The van der Waals surface area contributed by atoms with Crippen molar-refractivity contribution in [1.29, 1.82) is 0 Å². The summed E-state index contributed by atoms with van der Waals surface area (Å²) in [5.41, 5.74) is 3.84. The summed E-state index contributed by atoms with van der Waals surface area (Å²) < 4.78 is 6.26. The van der Waals surface area contributed by atoms with Gasteiger partial charge in [0.2, 0.25) is 5.91 Å². The lowest BCUT2D eigenvalue weighted by Gasteiger charge is -2.05. The molecule has 0 saturated carbocycles. The van der Waals surface area contributed by atoms with Gasteiger partial charge in [0.15, 0.2) is 0 Å². The van der Waals surface area contributed by atoms with Crippen molar-refractivity contribution in [2.75, 3.05) is 0 Å². The number of nitrogens with zero attached hydrogens (tertiary/aromatic N) is 1. The number of carbonyl (C=O) groups excluding carboxylic acids is 2. The first-order chi connectivity index (χ1) is 14.6. The van der Waals surface area contributed by atoms with E-state index in [0.717, 1.165) is 22.9 Å². The van der Waals surface area contributed by atoms with Gasteiger partial charge in [0.1, 0.15) is 5.75 Å². The number of unbranched alkanes of at least 4 members (excludes halogenated alkanes) is 6. The monoisotopic (exact) mass is 472 g/mol. The highest BCUT2D eigenvalue weighted by Gasteiger charge is 2.08. The number of esters is 1. The molecular weight excluding hydrogens is 444 g/mol. The third kappa shape index (κ3) is 9.35. The molecule has 5 nitrogen and oxygen atoms in total. The summed E-state index contributed by atoms with van der Waals surface area (Å²) >= 11 is 3.33. The smallest absolute Gasteiger partial charge is 0.343 e. The van der Waals surface area contributed by atoms with Crippen molar-refractivity contribution in [1.82, 2.24) is 5.43 Å². The minimum Gasteiger partial charge on any atom is -0.423 e. The molecule has 1 N–H and O–H groups in total. The molecule has 0 fully saturated rings. The number of ether oxygens (including phenoxy) is 1. The van der Waals surface area contributed by atoms with Gasteiger partial charge in [-0.3, -0.25) is 4.79 Å². The molecular formula is C24H29BrN2O3. The number of benzene rings is 2. The molecule has 0 atom stereocenters. The number of hydrogen-bond acceptors (Lipinski definition) is 4. The largest absolute Gasteiger partial charge is 0.423 e. The van der Waals surface area contributed by atoms with Crippen LogP contribution < -0.4 is 10.2 Å². The molecule has 0 aliphatic rings. The highest BCUT2D eigenvalue weighted by Crippen LogP contribution is 2.15. The van der Waals surface area contributed by atoms with Crippen molar-refractivity contribution in [3.63, 3.8) is 0 Å². The third-order valence-corrected chi connectivity index (χ3v) is 5.11. The molecule has 30 heavy (non-hydrogen) atoms. The minimum atomic E-state index is -0.415. The predicted octanol–water partition coefficient (Wildman–Crippen LogP) is 6.26. The fourth-order valence-corrected chi connectivity index (χ4v) is 3.12. The molecule has 0 radical (unpaired) electrons. The van der Waals surface area contributed by atoms with Gasteiger partial charge in [-0.05, 0) is 60.5 Å². The second-order valence-electron chi connectivity index (χ2n) is 7.13. The lowest BCUT2D eigenvalue weighted by molar-refractivity contribution is -0.121. The Balaban J connectivity index is 1.68. The number of halogens is 1. The van der Waals surface area contributed by atoms with E-state index in [9.17, 15) is 9.59 Å². The number of rotatable bonds is 12. The van der Waals surface area contributed by atoms with Crippen molar-refractivity contribution >= 4 is 34.0 Å². The zero-order chi connectivity index (χ0) is 21.6. The number of hydrazone groups is 1. The van der Waals surface area contributed by atoms with Crippen LogP contribution in [0.1, 0.15) is 74.2 Å². The van der Waals surface area contributed by atoms with Gasteiger partial charge < -0.3 is 4.74 Å². The molecule has 0 aliphatic heterocycles. The van der Waals surface area contributed by atoms with Crippen LogP contribution in [0.25, 0.3) is 0 Å². The molecule has 0 spiro atoms. The fraction of sp³-hybridized carbons (Fsp3) is 0.375. The van der Waals surface area contributed by atoms with Gasteiger partial charge >= 0.3 is 5.97 Å². The average Bonchev–Trinajstić information content (AvgIpc) is 2.75. The van der Waals surface area contributed by atoms with Crippen LogP contribution in [0.5, 0.6) is 5.75 Å². The molecule has 1 amide bonds. The standard InChI is InChI=1S/C24H29BrN2O3/c1-2-3-4-5-6-7-8-9-23(28)27-26-18-19-10-16-22(17-11-19)30-24(29)20-12-14-21(25)15-13-20/h10-18H,2-9H2,1H3,(H,27,28)/b26-18+. The first-order valence-corrected chi connectivity index (χ1v) is 11.3. The second kappa shape index (κ2) is 13.7. The van der Waals surface area contributed by atoms with Crippen LogP contribution >= 0.6 is 15.9 Å². The first kappa shape index (κ1) is 23.8. The van der Waals surface area contributed by atoms with Crippen molar-refractivity contribution in [3.8, 4) is 5.75 Å². The SMILES string of the molecule is CCCCCCCCCC(=O)N/N=C/c1ccc(OC(=O)c2ccc(Br)cc2)cc1. The molecule has 0 aromatic heterocycles. The molecule has 0 bridgehead atoms. The molecule has 0 saturated heterocycles. The summed E-state index contributed by atoms with van der Waals surface area (Å²) in [7, 11) is 0. The van der Waals surface area contributed by atoms with Crippen molar-refractivity contribution < 1.29 is 14.3 Å². The zero-order valence-electron chi connectivity index (χ0n) is 17.4. The van der Waals surface area contributed by atoms with Gasteiger partial charge in [-0.25, -0.2) is 10.2 Å². The summed E-state index contributed by atoms with van der Waals surface area (Å²) in [4.78, 5) is 23.9. The van der Waals surface area contributed by atoms with Crippen LogP contribution in [-0.4, -0.2) is 18.1 Å². The quantitative estimate of drug-likeness (QED) is 0.130. The minimum absolute atomic E-state index is 0.0696. The summed E-state index contributed by atoms with van der Waals surface area (Å²) in [5.74, 6) is -0.0376. The Labute approximate surface area is 187 Å². The summed E-state index contributed by atoms with van der Waals surface area (Å²) in [5, 5.41) is 3.99. The van der Waals surface area contributed by atoms with E-state index < -0.39 is 5.97 Å². The second-order valence-corrected chi connectivity index (χ2v) is 8.05. The highest BCUT2D eigenvalue weighted by molar-refractivity contribution is 9.10. The van der Waals surface area contributed by atoms with Gasteiger partial charge in [-0.15, -0.1) is 0 Å². The lowest BCUT2D eigenvalue weighted by Crippen LogP contribution is -2.16. The highest BCUT2D eigenvalue weighted by atomic mass is 79.9. The van der Waals surface area contributed by atoms with Crippen LogP contribution in [0.15, 0.2) is 58.1 Å². The van der Waals surface area contributed by atoms with E-state index in [1.807, 2.05) is 0 Å². The normalized spacial score (nSPS) is 10.9. The fourth-order valence-electron chi connectivity index (χ4n) is 2.85. The number of hydrogen-bond donors (Lipinski definition) is 1. The summed E-state index contributed by atoms with van der Waals surface area (Å²) in [6, 6.07) is 13.9. The molecule has 0 aliphatic carbocycles. The first-order valence-electron chi connectivity index (χ1n) is 10.5. The molecule has 2 rings (SSSR count). The van der Waals surface area contributed by atoms with E-state index in [0.29, 0.717) is 17.7 Å². The molecule has 160 valence electrons. The van der Waals surface area contributed by atoms with E-state index >= 15 is 0 Å². The van der Waals surface area contributed by atoms with Crippen LogP contribution in [-0.2, 0) is 4.79 Å². The van der Waals surface area contributed by atoms with E-state index in [2.05, 4.69) is 33.4 Å². The summed E-state index contributed by atoms with van der Waals surface area (Å²) in [6.07, 6.45) is 10.3. The summed E-state index contributed by atoms with van der Waals surface area (Å²) in [6.45, 7) is 2.21. The lowest BCUT2D eigenvalue weighted by atomic mass is 10.1. The van der Waals surface area contributed by atoms with Crippen LogP contribution in [0, 0.1) is 0 Å². The number of amides is 1. The van der Waals surface area contributed by atoms with Gasteiger partial charge in [0, 0.05) is 10.9 Å². The topological polar surface area (TPSA) is 67.8 Å².